The van der Waals surface area contributed by atoms with E-state index in [1.54, 1.807) is 34.9 Å². The van der Waals surface area contributed by atoms with Gasteiger partial charge in [0.25, 0.3) is 11.4 Å². The molecule has 0 spiro atoms. The minimum absolute atomic E-state index is 0.0159. The molecule has 0 saturated carbocycles. The Morgan fingerprint density at radius 1 is 0.917 bits per heavy atom. The summed E-state index contributed by atoms with van der Waals surface area (Å²) in [6, 6.07) is 11.1. The second-order valence-electron chi connectivity index (χ2n) is 6.06. The lowest BCUT2D eigenvalue weighted by molar-refractivity contribution is -0.385. The lowest BCUT2D eigenvalue weighted by Gasteiger charge is -2.14. The number of phenols is 1. The fraction of sp³-hybridized carbons (Fsp3) is 0.333. The van der Waals surface area contributed by atoms with Gasteiger partial charge in [0.05, 0.1) is 9.85 Å². The molecule has 200 valence electrons. The topological polar surface area (TPSA) is 116 Å². The summed E-state index contributed by atoms with van der Waals surface area (Å²) in [6.07, 6.45) is 0. The van der Waals surface area contributed by atoms with Crippen LogP contribution >= 0.6 is 92.4 Å². The molecule has 0 atom stereocenters. The summed E-state index contributed by atoms with van der Waals surface area (Å²) in [6.45, 7) is 0. The Morgan fingerprint density at radius 2 is 1.33 bits per heavy atom. The molecule has 2 fully saturated rings. The normalized spacial score (nSPS) is 15.8. The molecule has 2 aliphatic rings. The van der Waals surface area contributed by atoms with Crippen LogP contribution in [-0.2, 0) is 11.8 Å². The number of hydrogen-bond donors (Lipinski definition) is 3. The number of rotatable bonds is 5. The van der Waals surface area contributed by atoms with Crippen molar-refractivity contribution >= 4 is 116 Å². The molecule has 2 heterocycles. The van der Waals surface area contributed by atoms with Crippen molar-refractivity contribution in [1.29, 1.82) is 0 Å². The van der Waals surface area contributed by atoms with Gasteiger partial charge in [0, 0.05) is 47.3 Å². The van der Waals surface area contributed by atoms with Gasteiger partial charge in [-0.05, 0) is 47.6 Å². The number of nitro groups is 2. The first kappa shape index (κ1) is 34.3. The number of hydrogen-bond acceptors (Lipinski definition) is 13. The predicted molar refractivity (Wildman–Crippen MR) is 173 cm³/mol. The van der Waals surface area contributed by atoms with E-state index in [9.17, 15) is 20.2 Å². The van der Waals surface area contributed by atoms with Gasteiger partial charge in [0.15, 0.2) is 0 Å². The first-order valence-corrected chi connectivity index (χ1v) is 22.4. The second kappa shape index (κ2) is 19.4. The van der Waals surface area contributed by atoms with E-state index < -0.39 is 14.5 Å². The van der Waals surface area contributed by atoms with Crippen molar-refractivity contribution in [2.75, 3.05) is 34.5 Å². The first-order chi connectivity index (χ1) is 17.1. The fourth-order valence-corrected chi connectivity index (χ4v) is 17.6. The average Bonchev–Trinajstić information content (AvgIpc) is 3.51. The summed E-state index contributed by atoms with van der Waals surface area (Å²) in [5.41, 5.74) is -0.110. The number of benzene rings is 2. The zero-order valence-corrected chi connectivity index (χ0v) is 26.9. The molecule has 1 N–H and O–H groups in total. The van der Waals surface area contributed by atoms with Crippen LogP contribution in [0, 0.1) is 20.2 Å². The van der Waals surface area contributed by atoms with Crippen LogP contribution in [0.4, 0.5) is 11.4 Å². The van der Waals surface area contributed by atoms with E-state index in [4.69, 9.17) is 32.7 Å². The molecule has 2 aromatic carbocycles. The van der Waals surface area contributed by atoms with Crippen molar-refractivity contribution in [3.63, 3.8) is 0 Å². The highest BCUT2D eigenvalue weighted by Gasteiger charge is 2.26. The average molecular weight is 685 g/mol. The Hall–Kier alpha value is 0.310. The van der Waals surface area contributed by atoms with Gasteiger partial charge in [0.1, 0.15) is 17.2 Å². The molecule has 36 heavy (non-hydrogen) atoms. The Bertz CT molecular complexity index is 977. The number of non-ortho nitro benzene ring substituents is 2. The number of thiol groups is 2. The molecule has 0 bridgehead atoms. The standard InChI is InChI=1S/C8H8NO3PS3.C6H5NO3.C2H4ClPS2.C2H6S2/c10-9(11)7-1-3-8(4-2-7)12-13(14)15-5-6-16-13;8-6-3-1-5(2-4-6)7(9)10;3-4-5-1-2-6-4;3-1-2-4/h1-4H,5-6H2;1-4,8H;1-2H2;3-4H,1-2H2. The number of halogens is 1. The van der Waals surface area contributed by atoms with E-state index in [1.165, 1.54) is 47.9 Å². The van der Waals surface area contributed by atoms with Gasteiger partial charge in [-0.3, -0.25) is 20.2 Å². The van der Waals surface area contributed by atoms with Crippen LogP contribution in [-0.4, -0.2) is 49.5 Å². The van der Waals surface area contributed by atoms with Crippen molar-refractivity contribution < 1.29 is 19.5 Å². The Kier molecular flexibility index (Phi) is 18.5. The molecule has 18 heteroatoms. The zero-order valence-electron chi connectivity index (χ0n) is 18.5. The number of phenolic OH excluding ortho intramolecular Hbond substituents is 1. The van der Waals surface area contributed by atoms with E-state index in [1.807, 2.05) is 22.8 Å². The maximum absolute atomic E-state index is 10.5. The van der Waals surface area contributed by atoms with Gasteiger partial charge in [-0.25, -0.2) is 0 Å². The SMILES string of the molecule is ClP1SCCS1.O=[N+]([O-])c1ccc(O)cc1.O=[N+]([O-])c1ccc(OP2(=S)SCCS2)cc1.SCCS. The summed E-state index contributed by atoms with van der Waals surface area (Å²) in [5, 5.41) is 29.2. The lowest BCUT2D eigenvalue weighted by Crippen LogP contribution is -1.88. The number of nitro benzene ring substituents is 2. The van der Waals surface area contributed by atoms with Gasteiger partial charge in [0.2, 0.25) is 4.67 Å². The van der Waals surface area contributed by atoms with E-state index in [0.717, 1.165) is 23.0 Å². The minimum Gasteiger partial charge on any atom is -0.508 e. The van der Waals surface area contributed by atoms with Crippen molar-refractivity contribution in [3.8, 4) is 11.5 Å². The van der Waals surface area contributed by atoms with Crippen LogP contribution in [0.25, 0.3) is 0 Å². The highest BCUT2D eigenvalue weighted by atomic mass is 35.7. The Balaban J connectivity index is 0.000000275. The van der Waals surface area contributed by atoms with Crippen LogP contribution in [0.3, 0.4) is 0 Å². The van der Waals surface area contributed by atoms with Crippen LogP contribution in [0.15, 0.2) is 48.5 Å². The number of nitrogens with zero attached hydrogens (tertiary/aromatic N) is 2. The maximum Gasteiger partial charge on any atom is 0.269 e. The van der Waals surface area contributed by atoms with Gasteiger partial charge < -0.3 is 9.63 Å². The maximum atomic E-state index is 10.5. The second-order valence-corrected chi connectivity index (χ2v) is 26.0. The van der Waals surface area contributed by atoms with Gasteiger partial charge in [-0.1, -0.05) is 34.0 Å². The van der Waals surface area contributed by atoms with Crippen molar-refractivity contribution in [2.24, 2.45) is 0 Å². The van der Waals surface area contributed by atoms with Gasteiger partial charge in [-0.15, -0.1) is 22.8 Å². The molecule has 0 aromatic heterocycles. The monoisotopic (exact) mass is 684 g/mol. The summed E-state index contributed by atoms with van der Waals surface area (Å²) in [7, 11) is 0. The predicted octanol–water partition coefficient (Wildman–Crippen LogP) is 8.76. The molecule has 2 aliphatic heterocycles. The molecule has 8 nitrogen and oxygen atoms in total. The van der Waals surface area contributed by atoms with Crippen molar-refractivity contribution in [3.05, 3.63) is 68.8 Å². The Morgan fingerprint density at radius 3 is 1.67 bits per heavy atom. The zero-order chi connectivity index (χ0) is 27.0. The van der Waals surface area contributed by atoms with Crippen LogP contribution < -0.4 is 4.52 Å². The van der Waals surface area contributed by atoms with Gasteiger partial charge >= 0.3 is 0 Å². The molecule has 0 amide bonds. The van der Waals surface area contributed by atoms with Crippen LogP contribution in [0.1, 0.15) is 0 Å². The third-order valence-corrected chi connectivity index (χ3v) is 21.2. The van der Waals surface area contributed by atoms with Crippen LogP contribution in [0.2, 0.25) is 0 Å². The van der Waals surface area contributed by atoms with E-state index in [0.29, 0.717) is 5.75 Å². The van der Waals surface area contributed by atoms with E-state index in [-0.39, 0.29) is 22.8 Å². The minimum atomic E-state index is -1.83. The lowest BCUT2D eigenvalue weighted by atomic mass is 10.3. The highest BCUT2D eigenvalue weighted by Crippen LogP contribution is 2.73. The molecule has 2 saturated heterocycles. The van der Waals surface area contributed by atoms with E-state index in [2.05, 4.69) is 25.3 Å². The third kappa shape index (κ3) is 15.0. The fourth-order valence-electron chi connectivity index (χ4n) is 1.98. The summed E-state index contributed by atoms with van der Waals surface area (Å²) >= 11 is 26.0. The Labute approximate surface area is 247 Å². The molecule has 0 radical (unpaired) electrons. The highest BCUT2D eigenvalue weighted by molar-refractivity contribution is 9.00. The summed E-state index contributed by atoms with van der Waals surface area (Å²) < 4.78 is 3.89. The third-order valence-electron chi connectivity index (χ3n) is 3.48. The van der Waals surface area contributed by atoms with Crippen molar-refractivity contribution in [1.82, 2.24) is 0 Å². The number of aromatic hydroxyl groups is 1. The molecule has 2 aromatic rings. The molecular weight excluding hydrogens is 662 g/mol. The molecule has 0 unspecified atom stereocenters. The van der Waals surface area contributed by atoms with Gasteiger partial charge in [-0.2, -0.15) is 25.3 Å². The quantitative estimate of drug-likeness (QED) is 0.121. The molecule has 4 rings (SSSR count). The largest absolute Gasteiger partial charge is 0.508 e. The molecular formula is C18H23ClN2O6P2S7. The smallest absolute Gasteiger partial charge is 0.269 e. The van der Waals surface area contributed by atoms with E-state index >= 15 is 0 Å². The summed E-state index contributed by atoms with van der Waals surface area (Å²) in [5.74, 6) is 6.98. The summed E-state index contributed by atoms with van der Waals surface area (Å²) in [4.78, 5) is 19.6. The first-order valence-electron chi connectivity index (χ1n) is 9.80. The van der Waals surface area contributed by atoms with Crippen LogP contribution in [0.5, 0.6) is 11.5 Å². The molecule has 0 aliphatic carbocycles. The van der Waals surface area contributed by atoms with Crippen molar-refractivity contribution in [2.45, 2.75) is 0 Å².